The molecule has 0 fully saturated rings. The molecule has 1 aromatic carbocycles. The Labute approximate surface area is 97.8 Å². The molecule has 16 heavy (non-hydrogen) atoms. The highest BCUT2D eigenvalue weighted by atomic mass is 14.9. The molecule has 0 saturated heterocycles. The van der Waals surface area contributed by atoms with E-state index in [9.17, 15) is 0 Å². The van der Waals surface area contributed by atoms with Gasteiger partial charge in [0, 0.05) is 12.6 Å². The van der Waals surface area contributed by atoms with Crippen molar-refractivity contribution in [1.82, 2.24) is 10.6 Å². The molecule has 0 spiro atoms. The van der Waals surface area contributed by atoms with Gasteiger partial charge in [-0.2, -0.15) is 0 Å². The van der Waals surface area contributed by atoms with E-state index in [0.29, 0.717) is 6.04 Å². The zero-order valence-corrected chi connectivity index (χ0v) is 9.71. The monoisotopic (exact) mass is 216 g/mol. The summed E-state index contributed by atoms with van der Waals surface area (Å²) in [4.78, 5) is 0. The molecule has 1 atom stereocenters. The van der Waals surface area contributed by atoms with Crippen molar-refractivity contribution in [2.45, 2.75) is 25.4 Å². The van der Waals surface area contributed by atoms with E-state index in [0.717, 1.165) is 32.5 Å². The van der Waals surface area contributed by atoms with E-state index in [1.165, 1.54) is 11.1 Å². The maximum atomic E-state index is 3.75. The Kier molecular flexibility index (Phi) is 4.14. The van der Waals surface area contributed by atoms with Gasteiger partial charge in [0.05, 0.1) is 0 Å². The van der Waals surface area contributed by atoms with Crippen LogP contribution in [0.25, 0.3) is 0 Å². The Morgan fingerprint density at radius 1 is 1.44 bits per heavy atom. The molecule has 0 amide bonds. The minimum absolute atomic E-state index is 0.492. The van der Waals surface area contributed by atoms with Crippen molar-refractivity contribution in [3.05, 3.63) is 48.0 Å². The van der Waals surface area contributed by atoms with Gasteiger partial charge in [-0.3, -0.25) is 0 Å². The third-order valence-electron chi connectivity index (χ3n) is 3.09. The summed E-state index contributed by atoms with van der Waals surface area (Å²) in [6.45, 7) is 6.85. The zero-order chi connectivity index (χ0) is 11.2. The third kappa shape index (κ3) is 2.71. The lowest BCUT2D eigenvalue weighted by molar-refractivity contribution is 0.502. The average molecular weight is 216 g/mol. The van der Waals surface area contributed by atoms with E-state index in [4.69, 9.17) is 0 Å². The smallest absolute Gasteiger partial charge is 0.0335 e. The predicted molar refractivity (Wildman–Crippen MR) is 68.3 cm³/mol. The van der Waals surface area contributed by atoms with Crippen molar-refractivity contribution >= 4 is 0 Å². The molecule has 0 radical (unpaired) electrons. The van der Waals surface area contributed by atoms with Crippen LogP contribution in [0.4, 0.5) is 0 Å². The van der Waals surface area contributed by atoms with Crippen LogP contribution >= 0.6 is 0 Å². The van der Waals surface area contributed by atoms with Crippen LogP contribution in [0.2, 0.25) is 0 Å². The number of rotatable bonds is 4. The molecule has 1 aromatic rings. The summed E-state index contributed by atoms with van der Waals surface area (Å²) in [6.07, 6.45) is 4.16. The highest BCUT2D eigenvalue weighted by Gasteiger charge is 2.16. The Morgan fingerprint density at radius 2 is 2.31 bits per heavy atom. The summed E-state index contributed by atoms with van der Waals surface area (Å²) < 4.78 is 0. The SMILES string of the molecule is C=CCCNC1CCNCc2ccccc21. The van der Waals surface area contributed by atoms with Crippen LogP contribution in [0.1, 0.15) is 30.0 Å². The minimum atomic E-state index is 0.492. The van der Waals surface area contributed by atoms with E-state index >= 15 is 0 Å². The molecular weight excluding hydrogens is 196 g/mol. The maximum Gasteiger partial charge on any atom is 0.0335 e. The summed E-state index contributed by atoms with van der Waals surface area (Å²) in [5, 5.41) is 7.07. The van der Waals surface area contributed by atoms with E-state index < -0.39 is 0 Å². The molecule has 2 nitrogen and oxygen atoms in total. The Hall–Kier alpha value is -1.12. The number of nitrogens with one attached hydrogen (secondary N) is 2. The van der Waals surface area contributed by atoms with Crippen LogP contribution in [0.5, 0.6) is 0 Å². The third-order valence-corrected chi connectivity index (χ3v) is 3.09. The van der Waals surface area contributed by atoms with Gasteiger partial charge < -0.3 is 10.6 Å². The van der Waals surface area contributed by atoms with E-state index in [1.54, 1.807) is 0 Å². The van der Waals surface area contributed by atoms with Gasteiger partial charge >= 0.3 is 0 Å². The first kappa shape index (κ1) is 11.4. The minimum Gasteiger partial charge on any atom is -0.313 e. The number of hydrogen-bond donors (Lipinski definition) is 2. The van der Waals surface area contributed by atoms with Crippen LogP contribution in [0.15, 0.2) is 36.9 Å². The van der Waals surface area contributed by atoms with Crippen LogP contribution in [-0.2, 0) is 6.54 Å². The van der Waals surface area contributed by atoms with Gasteiger partial charge in [0.15, 0.2) is 0 Å². The molecule has 86 valence electrons. The zero-order valence-electron chi connectivity index (χ0n) is 9.71. The van der Waals surface area contributed by atoms with E-state index in [-0.39, 0.29) is 0 Å². The first-order valence-corrected chi connectivity index (χ1v) is 6.04. The lowest BCUT2D eigenvalue weighted by Gasteiger charge is -2.18. The second kappa shape index (κ2) is 5.83. The second-order valence-electron chi connectivity index (χ2n) is 4.25. The molecular formula is C14H20N2. The summed E-state index contributed by atoms with van der Waals surface area (Å²) in [6, 6.07) is 9.20. The summed E-state index contributed by atoms with van der Waals surface area (Å²) >= 11 is 0. The fourth-order valence-corrected chi connectivity index (χ4v) is 2.23. The second-order valence-corrected chi connectivity index (χ2v) is 4.25. The molecule has 1 aliphatic rings. The standard InChI is InChI=1S/C14H20N2/c1-2-3-9-16-14-8-10-15-11-12-6-4-5-7-13(12)14/h2,4-7,14-16H,1,3,8-11H2. The van der Waals surface area contributed by atoms with Crippen molar-refractivity contribution in [1.29, 1.82) is 0 Å². The fraction of sp³-hybridized carbons (Fsp3) is 0.429. The molecule has 1 unspecified atom stereocenters. The summed E-state index contributed by atoms with van der Waals surface area (Å²) in [5.41, 5.74) is 2.88. The predicted octanol–water partition coefficient (Wildman–Crippen LogP) is 2.39. The van der Waals surface area contributed by atoms with Gasteiger partial charge in [0.25, 0.3) is 0 Å². The molecule has 1 aliphatic heterocycles. The van der Waals surface area contributed by atoms with Crippen LogP contribution in [-0.4, -0.2) is 13.1 Å². The number of fused-ring (bicyclic) bond motifs is 1. The molecule has 0 aromatic heterocycles. The van der Waals surface area contributed by atoms with E-state index in [1.807, 2.05) is 6.08 Å². The largest absolute Gasteiger partial charge is 0.313 e. The van der Waals surface area contributed by atoms with Crippen LogP contribution in [0, 0.1) is 0 Å². The normalized spacial score (nSPS) is 19.9. The van der Waals surface area contributed by atoms with Crippen molar-refractivity contribution in [2.24, 2.45) is 0 Å². The fourth-order valence-electron chi connectivity index (χ4n) is 2.23. The number of hydrogen-bond acceptors (Lipinski definition) is 2. The molecule has 0 saturated carbocycles. The average Bonchev–Trinajstić information content (AvgIpc) is 2.52. The highest BCUT2D eigenvalue weighted by molar-refractivity contribution is 5.30. The van der Waals surface area contributed by atoms with Gasteiger partial charge in [-0.1, -0.05) is 30.3 Å². The number of benzene rings is 1. The Morgan fingerprint density at radius 3 is 3.19 bits per heavy atom. The van der Waals surface area contributed by atoms with Gasteiger partial charge in [-0.25, -0.2) is 0 Å². The van der Waals surface area contributed by atoms with Crippen LogP contribution in [0.3, 0.4) is 0 Å². The maximum absolute atomic E-state index is 3.75. The lowest BCUT2D eigenvalue weighted by atomic mass is 9.99. The topological polar surface area (TPSA) is 24.1 Å². The molecule has 1 heterocycles. The Bertz CT molecular complexity index is 346. The van der Waals surface area contributed by atoms with Gasteiger partial charge in [0.2, 0.25) is 0 Å². The lowest BCUT2D eigenvalue weighted by Crippen LogP contribution is -2.23. The van der Waals surface area contributed by atoms with Gasteiger partial charge in [-0.15, -0.1) is 6.58 Å². The molecule has 2 N–H and O–H groups in total. The quantitative estimate of drug-likeness (QED) is 0.596. The van der Waals surface area contributed by atoms with Crippen molar-refractivity contribution in [3.8, 4) is 0 Å². The summed E-state index contributed by atoms with van der Waals surface area (Å²) in [7, 11) is 0. The summed E-state index contributed by atoms with van der Waals surface area (Å²) in [5.74, 6) is 0. The van der Waals surface area contributed by atoms with Crippen LogP contribution < -0.4 is 10.6 Å². The molecule has 2 rings (SSSR count). The van der Waals surface area contributed by atoms with Gasteiger partial charge in [0.1, 0.15) is 0 Å². The first-order valence-electron chi connectivity index (χ1n) is 6.04. The van der Waals surface area contributed by atoms with Crippen molar-refractivity contribution in [3.63, 3.8) is 0 Å². The Balaban J connectivity index is 2.09. The van der Waals surface area contributed by atoms with E-state index in [2.05, 4.69) is 41.5 Å². The molecule has 0 bridgehead atoms. The first-order chi connectivity index (χ1) is 7.92. The molecule has 0 aliphatic carbocycles. The van der Waals surface area contributed by atoms with Gasteiger partial charge in [-0.05, 0) is 37.1 Å². The van der Waals surface area contributed by atoms with Crippen molar-refractivity contribution < 1.29 is 0 Å². The molecule has 2 heteroatoms. The highest BCUT2D eigenvalue weighted by Crippen LogP contribution is 2.23. The van der Waals surface area contributed by atoms with Crippen molar-refractivity contribution in [2.75, 3.05) is 13.1 Å².